The third-order valence-electron chi connectivity index (χ3n) is 1.13. The third kappa shape index (κ3) is 0.579. The van der Waals surface area contributed by atoms with Crippen LogP contribution in [0.3, 0.4) is 0 Å². The topological polar surface area (TPSA) is 38.9 Å². The molecule has 0 aromatic carbocycles. The molecule has 0 aliphatic heterocycles. The lowest BCUT2D eigenvalue weighted by Gasteiger charge is -1.79. The fourth-order valence-electron chi connectivity index (χ4n) is 0.718. The van der Waals surface area contributed by atoms with Crippen LogP contribution in [0.2, 0.25) is 0 Å². The second-order valence-corrected chi connectivity index (χ2v) is 1.70. The maximum absolute atomic E-state index is 5.02. The number of aromatic nitrogens is 2. The fourth-order valence-corrected chi connectivity index (χ4v) is 0.718. The lowest BCUT2D eigenvalue weighted by molar-refractivity contribution is 0.614. The highest BCUT2D eigenvalue weighted by atomic mass is 16.3. The summed E-state index contributed by atoms with van der Waals surface area (Å²) in [5, 5.41) is 7.47. The molecule has 9 heavy (non-hydrogen) atoms. The Morgan fingerprint density at radius 3 is 3.22 bits per heavy atom. The molecule has 2 rings (SSSR count). The van der Waals surface area contributed by atoms with Crippen LogP contribution in [0.25, 0.3) is 11.1 Å². The van der Waals surface area contributed by atoms with Gasteiger partial charge in [-0.3, -0.25) is 0 Å². The summed E-state index contributed by atoms with van der Waals surface area (Å²) in [6, 6.07) is 3.56. The van der Waals surface area contributed by atoms with Crippen LogP contribution in [-0.4, -0.2) is 10.2 Å². The van der Waals surface area contributed by atoms with Gasteiger partial charge in [0.05, 0.1) is 12.5 Å². The SMILES string of the molecule is c1cc2occc2nn1. The zero-order valence-electron chi connectivity index (χ0n) is 4.61. The van der Waals surface area contributed by atoms with Gasteiger partial charge in [-0.1, -0.05) is 0 Å². The minimum Gasteiger partial charge on any atom is -0.463 e. The van der Waals surface area contributed by atoms with Crippen molar-refractivity contribution in [2.24, 2.45) is 0 Å². The van der Waals surface area contributed by atoms with E-state index >= 15 is 0 Å². The molecule has 2 heterocycles. The summed E-state index contributed by atoms with van der Waals surface area (Å²) in [7, 11) is 0. The van der Waals surface area contributed by atoms with Crippen LogP contribution in [0.1, 0.15) is 0 Å². The van der Waals surface area contributed by atoms with Gasteiger partial charge < -0.3 is 4.42 Å². The molecule has 3 nitrogen and oxygen atoms in total. The highest BCUT2D eigenvalue weighted by molar-refractivity contribution is 5.70. The highest BCUT2D eigenvalue weighted by Crippen LogP contribution is 2.08. The van der Waals surface area contributed by atoms with E-state index in [-0.39, 0.29) is 0 Å². The number of rotatable bonds is 0. The van der Waals surface area contributed by atoms with Crippen molar-refractivity contribution in [2.75, 3.05) is 0 Å². The van der Waals surface area contributed by atoms with Crippen LogP contribution in [-0.2, 0) is 0 Å². The summed E-state index contributed by atoms with van der Waals surface area (Å²) in [5.74, 6) is 0. The second-order valence-electron chi connectivity index (χ2n) is 1.70. The largest absolute Gasteiger partial charge is 0.463 e. The number of fused-ring (bicyclic) bond motifs is 1. The molecule has 2 aromatic heterocycles. The first-order valence-corrected chi connectivity index (χ1v) is 2.62. The fraction of sp³-hybridized carbons (Fsp3) is 0. The summed E-state index contributed by atoms with van der Waals surface area (Å²) in [5.41, 5.74) is 1.59. The molecule has 0 aliphatic rings. The van der Waals surface area contributed by atoms with Crippen molar-refractivity contribution in [3.8, 4) is 0 Å². The van der Waals surface area contributed by atoms with Crippen molar-refractivity contribution in [3.63, 3.8) is 0 Å². The van der Waals surface area contributed by atoms with E-state index in [1.165, 1.54) is 0 Å². The van der Waals surface area contributed by atoms with E-state index in [4.69, 9.17) is 4.42 Å². The van der Waals surface area contributed by atoms with E-state index in [1.807, 2.05) is 0 Å². The number of furan rings is 1. The molecule has 0 saturated heterocycles. The maximum atomic E-state index is 5.02. The van der Waals surface area contributed by atoms with Gasteiger partial charge in [0.2, 0.25) is 0 Å². The van der Waals surface area contributed by atoms with Crippen molar-refractivity contribution in [3.05, 3.63) is 24.6 Å². The average molecular weight is 120 g/mol. The van der Waals surface area contributed by atoms with Crippen LogP contribution in [0.15, 0.2) is 29.0 Å². The first kappa shape index (κ1) is 4.49. The molecule has 0 spiro atoms. The summed E-state index contributed by atoms with van der Waals surface area (Å²) in [6.07, 6.45) is 3.20. The normalized spacial score (nSPS) is 10.2. The quantitative estimate of drug-likeness (QED) is 0.524. The van der Waals surface area contributed by atoms with E-state index in [0.29, 0.717) is 0 Å². The summed E-state index contributed by atoms with van der Waals surface area (Å²) in [6.45, 7) is 0. The Morgan fingerprint density at radius 1 is 1.33 bits per heavy atom. The zero-order chi connectivity index (χ0) is 6.10. The molecule has 0 N–H and O–H groups in total. The Balaban J connectivity index is 2.95. The summed E-state index contributed by atoms with van der Waals surface area (Å²) < 4.78 is 5.02. The highest BCUT2D eigenvalue weighted by Gasteiger charge is 1.92. The molecule has 3 heteroatoms. The predicted molar refractivity (Wildman–Crippen MR) is 31.8 cm³/mol. The van der Waals surface area contributed by atoms with Gasteiger partial charge in [0.1, 0.15) is 5.52 Å². The lowest BCUT2D eigenvalue weighted by Crippen LogP contribution is -1.75. The minimum atomic E-state index is 0.782. The van der Waals surface area contributed by atoms with Gasteiger partial charge in [-0.15, -0.1) is 5.10 Å². The summed E-state index contributed by atoms with van der Waals surface area (Å²) in [4.78, 5) is 0. The van der Waals surface area contributed by atoms with Crippen LogP contribution in [0, 0.1) is 0 Å². The maximum Gasteiger partial charge on any atom is 0.155 e. The predicted octanol–water partition coefficient (Wildman–Crippen LogP) is 1.22. The van der Waals surface area contributed by atoms with Crippen LogP contribution in [0.5, 0.6) is 0 Å². The van der Waals surface area contributed by atoms with E-state index < -0.39 is 0 Å². The van der Waals surface area contributed by atoms with Gasteiger partial charge in [-0.05, 0) is 0 Å². The van der Waals surface area contributed by atoms with Gasteiger partial charge in [0.25, 0.3) is 0 Å². The van der Waals surface area contributed by atoms with Gasteiger partial charge in [-0.25, -0.2) is 0 Å². The molecule has 2 aromatic rings. The lowest BCUT2D eigenvalue weighted by atomic mass is 10.4. The molecule has 0 atom stereocenters. The molecule has 0 bridgehead atoms. The third-order valence-corrected chi connectivity index (χ3v) is 1.13. The van der Waals surface area contributed by atoms with Crippen molar-refractivity contribution in [1.82, 2.24) is 10.2 Å². The van der Waals surface area contributed by atoms with Crippen LogP contribution >= 0.6 is 0 Å². The molecule has 0 unspecified atom stereocenters. The number of nitrogens with zero attached hydrogens (tertiary/aromatic N) is 2. The Hall–Kier alpha value is -1.38. The van der Waals surface area contributed by atoms with Gasteiger partial charge in [0, 0.05) is 12.1 Å². The number of hydrogen-bond donors (Lipinski definition) is 0. The monoisotopic (exact) mass is 120 g/mol. The van der Waals surface area contributed by atoms with Crippen molar-refractivity contribution in [1.29, 1.82) is 0 Å². The van der Waals surface area contributed by atoms with Crippen molar-refractivity contribution < 1.29 is 4.42 Å². The second kappa shape index (κ2) is 1.55. The molecule has 44 valence electrons. The Kier molecular flexibility index (Phi) is 0.773. The average Bonchev–Trinajstić information content (AvgIpc) is 2.33. The van der Waals surface area contributed by atoms with Crippen LogP contribution in [0.4, 0.5) is 0 Å². The Morgan fingerprint density at radius 2 is 2.33 bits per heavy atom. The molecule has 0 radical (unpaired) electrons. The molecular weight excluding hydrogens is 116 g/mol. The first-order chi connectivity index (χ1) is 4.47. The zero-order valence-corrected chi connectivity index (χ0v) is 4.61. The standard InChI is InChI=1S/C6H4N2O/c1-3-7-8-5-2-4-9-6(1)5/h1-4H. The van der Waals surface area contributed by atoms with E-state index in [9.17, 15) is 0 Å². The Bertz CT molecular complexity index is 285. The summed E-state index contributed by atoms with van der Waals surface area (Å²) >= 11 is 0. The smallest absolute Gasteiger partial charge is 0.155 e. The van der Waals surface area contributed by atoms with Gasteiger partial charge in [0.15, 0.2) is 5.58 Å². The molecule has 0 aliphatic carbocycles. The molecule has 0 saturated carbocycles. The van der Waals surface area contributed by atoms with Crippen LogP contribution < -0.4 is 0 Å². The first-order valence-electron chi connectivity index (χ1n) is 2.62. The van der Waals surface area contributed by atoms with E-state index in [1.54, 1.807) is 24.6 Å². The van der Waals surface area contributed by atoms with E-state index in [0.717, 1.165) is 11.1 Å². The van der Waals surface area contributed by atoms with Crippen molar-refractivity contribution in [2.45, 2.75) is 0 Å². The van der Waals surface area contributed by atoms with Crippen molar-refractivity contribution >= 4 is 11.1 Å². The van der Waals surface area contributed by atoms with Gasteiger partial charge >= 0.3 is 0 Å². The molecule has 0 fully saturated rings. The molecular formula is C6H4N2O. The minimum absolute atomic E-state index is 0.782. The number of hydrogen-bond acceptors (Lipinski definition) is 3. The molecule has 0 amide bonds. The van der Waals surface area contributed by atoms with E-state index in [2.05, 4.69) is 10.2 Å². The van der Waals surface area contributed by atoms with Gasteiger partial charge in [-0.2, -0.15) is 5.10 Å². The Labute approximate surface area is 51.3 Å².